The van der Waals surface area contributed by atoms with Crippen LogP contribution >= 0.6 is 19.3 Å². The number of anilines is 2. The number of halogens is 4. The standard InChI is InChI=1S/C31H36F4N3OPS/c1-39-28-16-21(40(2)3)11-12-26(28)36-14-5-8-29-23(17-31(33,34)35)22-6-4-7-27(30(22)41-29)37-25-13-15-38(19-24(25)32)18-20-9-10-20/h4,6-7,11-12,16,20,24-25,36-37H,9-10,13-15,17-19H2,1-3H3. The van der Waals surface area contributed by atoms with Crippen molar-refractivity contribution >= 4 is 46.0 Å². The normalized spacial score (nSPS) is 19.7. The third-order valence-electron chi connectivity index (χ3n) is 7.65. The molecule has 2 unspecified atom stereocenters. The second kappa shape index (κ2) is 12.8. The van der Waals surface area contributed by atoms with Crippen molar-refractivity contribution in [2.75, 3.05) is 57.3 Å². The van der Waals surface area contributed by atoms with E-state index in [9.17, 15) is 13.2 Å². The molecule has 2 atom stereocenters. The Labute approximate surface area is 244 Å². The lowest BCUT2D eigenvalue weighted by atomic mass is 10.0. The van der Waals surface area contributed by atoms with E-state index in [0.717, 1.165) is 18.8 Å². The van der Waals surface area contributed by atoms with Crippen molar-refractivity contribution in [3.8, 4) is 17.6 Å². The van der Waals surface area contributed by atoms with Gasteiger partial charge in [-0.3, -0.25) is 0 Å². The van der Waals surface area contributed by atoms with Crippen LogP contribution in [-0.2, 0) is 6.42 Å². The van der Waals surface area contributed by atoms with Gasteiger partial charge >= 0.3 is 6.18 Å². The lowest BCUT2D eigenvalue weighted by Crippen LogP contribution is -2.48. The first-order chi connectivity index (χ1) is 19.6. The largest absolute Gasteiger partial charge is 0.495 e. The zero-order chi connectivity index (χ0) is 29.1. The molecule has 1 saturated heterocycles. The van der Waals surface area contributed by atoms with Gasteiger partial charge in [-0.2, -0.15) is 13.2 Å². The van der Waals surface area contributed by atoms with E-state index in [1.807, 2.05) is 24.3 Å². The molecule has 1 saturated carbocycles. The molecular formula is C31H36F4N3OPS. The Kier molecular flexibility index (Phi) is 9.33. The lowest BCUT2D eigenvalue weighted by molar-refractivity contribution is -0.126. The summed E-state index contributed by atoms with van der Waals surface area (Å²) in [5.74, 6) is 7.41. The summed E-state index contributed by atoms with van der Waals surface area (Å²) in [5.41, 5.74) is 1.62. The van der Waals surface area contributed by atoms with Crippen molar-refractivity contribution in [1.82, 2.24) is 4.90 Å². The van der Waals surface area contributed by atoms with E-state index in [4.69, 9.17) is 4.74 Å². The summed E-state index contributed by atoms with van der Waals surface area (Å²) in [6.07, 6.45) is -3.35. The minimum absolute atomic E-state index is 0.172. The molecule has 2 heterocycles. The van der Waals surface area contributed by atoms with Gasteiger partial charge in [-0.25, -0.2) is 4.39 Å². The van der Waals surface area contributed by atoms with Crippen LogP contribution in [0.3, 0.4) is 0 Å². The minimum Gasteiger partial charge on any atom is -0.495 e. The molecule has 5 rings (SSSR count). The quantitative estimate of drug-likeness (QED) is 0.155. The number of methoxy groups -OCH3 is 1. The number of nitrogens with one attached hydrogen (secondary N) is 2. The number of thiophene rings is 1. The number of hydrogen-bond acceptors (Lipinski definition) is 5. The van der Waals surface area contributed by atoms with Gasteiger partial charge in [0.25, 0.3) is 0 Å². The number of nitrogens with zero attached hydrogens (tertiary/aromatic N) is 1. The van der Waals surface area contributed by atoms with Gasteiger partial charge in [0.05, 0.1) is 47.1 Å². The third kappa shape index (κ3) is 7.66. The van der Waals surface area contributed by atoms with Crippen LogP contribution in [0.2, 0.25) is 0 Å². The Balaban J connectivity index is 1.35. The van der Waals surface area contributed by atoms with E-state index >= 15 is 4.39 Å². The van der Waals surface area contributed by atoms with E-state index in [2.05, 4.69) is 40.7 Å². The number of ether oxygens (including phenoxy) is 1. The SMILES string of the molecule is COc1cc(P(C)C)ccc1NCC#Cc1sc2c(NC3CCN(CC4CC4)CC3F)cccc2c1CC(F)(F)F. The van der Waals surface area contributed by atoms with Gasteiger partial charge in [0.2, 0.25) is 0 Å². The maximum absolute atomic E-state index is 15.1. The van der Waals surface area contributed by atoms with Crippen molar-refractivity contribution in [3.05, 3.63) is 46.8 Å². The van der Waals surface area contributed by atoms with Gasteiger partial charge in [0, 0.05) is 19.6 Å². The summed E-state index contributed by atoms with van der Waals surface area (Å²) in [7, 11) is 1.34. The van der Waals surface area contributed by atoms with E-state index < -0.39 is 18.8 Å². The summed E-state index contributed by atoms with van der Waals surface area (Å²) in [6.45, 7) is 6.76. The summed E-state index contributed by atoms with van der Waals surface area (Å²) in [4.78, 5) is 2.58. The Hall–Kier alpha value is -2.53. The molecule has 10 heteroatoms. The molecule has 3 aromatic rings. The molecule has 2 N–H and O–H groups in total. The van der Waals surface area contributed by atoms with Crippen molar-refractivity contribution in [2.24, 2.45) is 5.92 Å². The Bertz CT molecular complexity index is 1430. The Morgan fingerprint density at radius 3 is 2.61 bits per heavy atom. The fourth-order valence-corrected chi connectivity index (χ4v) is 7.21. The van der Waals surface area contributed by atoms with Crippen LogP contribution in [-0.4, -0.2) is 69.9 Å². The van der Waals surface area contributed by atoms with Crippen LogP contribution < -0.4 is 20.7 Å². The summed E-state index contributed by atoms with van der Waals surface area (Å²) >= 11 is 1.24. The molecule has 0 spiro atoms. The minimum atomic E-state index is -4.38. The zero-order valence-electron chi connectivity index (χ0n) is 23.6. The number of benzene rings is 2. The number of piperidine rings is 1. The van der Waals surface area contributed by atoms with E-state index in [1.165, 1.54) is 29.5 Å². The molecule has 220 valence electrons. The first-order valence-corrected chi connectivity index (χ1v) is 17.0. The maximum atomic E-state index is 15.1. The first kappa shape index (κ1) is 29.9. The molecule has 2 aromatic carbocycles. The molecule has 41 heavy (non-hydrogen) atoms. The highest BCUT2D eigenvalue weighted by molar-refractivity contribution is 7.64. The molecule has 0 amide bonds. The van der Waals surface area contributed by atoms with Crippen molar-refractivity contribution < 1.29 is 22.3 Å². The predicted molar refractivity (Wildman–Crippen MR) is 164 cm³/mol. The highest BCUT2D eigenvalue weighted by atomic mass is 32.1. The molecule has 0 radical (unpaired) electrons. The smallest absolute Gasteiger partial charge is 0.393 e. The lowest BCUT2D eigenvalue weighted by Gasteiger charge is -2.35. The van der Waals surface area contributed by atoms with Gasteiger partial charge in [-0.05, 0) is 73.0 Å². The van der Waals surface area contributed by atoms with Crippen molar-refractivity contribution in [3.63, 3.8) is 0 Å². The fourth-order valence-electron chi connectivity index (χ4n) is 5.29. The fraction of sp³-hybridized carbons (Fsp3) is 0.484. The third-order valence-corrected chi connectivity index (χ3v) is 10.2. The predicted octanol–water partition coefficient (Wildman–Crippen LogP) is 7.08. The summed E-state index contributed by atoms with van der Waals surface area (Å²) in [6, 6.07) is 10.9. The number of fused-ring (bicyclic) bond motifs is 1. The van der Waals surface area contributed by atoms with Crippen LogP contribution in [0, 0.1) is 17.8 Å². The number of alkyl halides is 4. The van der Waals surface area contributed by atoms with E-state index in [-0.39, 0.29) is 26.1 Å². The second-order valence-electron chi connectivity index (χ2n) is 11.1. The topological polar surface area (TPSA) is 36.5 Å². The monoisotopic (exact) mass is 605 g/mol. The van der Waals surface area contributed by atoms with Crippen molar-refractivity contribution in [1.29, 1.82) is 0 Å². The molecule has 0 bridgehead atoms. The van der Waals surface area contributed by atoms with Crippen molar-refractivity contribution in [2.45, 2.75) is 44.1 Å². The van der Waals surface area contributed by atoms with Gasteiger partial charge in [0.15, 0.2) is 0 Å². The molecule has 2 aliphatic rings. The molecular weight excluding hydrogens is 569 g/mol. The molecule has 1 aliphatic heterocycles. The molecule has 1 aliphatic carbocycles. The Morgan fingerprint density at radius 1 is 1.12 bits per heavy atom. The van der Waals surface area contributed by atoms with Gasteiger partial charge in [-0.1, -0.05) is 38.0 Å². The van der Waals surface area contributed by atoms with Gasteiger partial charge in [-0.15, -0.1) is 11.3 Å². The zero-order valence-corrected chi connectivity index (χ0v) is 25.3. The van der Waals surface area contributed by atoms with Crippen LogP contribution in [0.15, 0.2) is 36.4 Å². The average molecular weight is 606 g/mol. The van der Waals surface area contributed by atoms with E-state index in [1.54, 1.807) is 19.2 Å². The maximum Gasteiger partial charge on any atom is 0.393 e. The van der Waals surface area contributed by atoms with Crippen LogP contribution in [0.25, 0.3) is 10.1 Å². The van der Waals surface area contributed by atoms with Gasteiger partial charge in [0.1, 0.15) is 11.9 Å². The first-order valence-electron chi connectivity index (χ1n) is 13.9. The van der Waals surface area contributed by atoms with Crippen LogP contribution in [0.1, 0.15) is 29.7 Å². The molecule has 2 fully saturated rings. The number of hydrogen-bond donors (Lipinski definition) is 2. The Morgan fingerprint density at radius 2 is 1.93 bits per heavy atom. The van der Waals surface area contributed by atoms with Crippen LogP contribution in [0.4, 0.5) is 28.9 Å². The van der Waals surface area contributed by atoms with Crippen LogP contribution in [0.5, 0.6) is 5.75 Å². The van der Waals surface area contributed by atoms with E-state index in [0.29, 0.717) is 45.3 Å². The summed E-state index contributed by atoms with van der Waals surface area (Å²) < 4.78 is 62.2. The highest BCUT2D eigenvalue weighted by Crippen LogP contribution is 2.40. The van der Waals surface area contributed by atoms with Gasteiger partial charge < -0.3 is 20.3 Å². The number of likely N-dealkylation sites (tertiary alicyclic amines) is 1. The number of rotatable bonds is 9. The molecule has 4 nitrogen and oxygen atoms in total. The highest BCUT2D eigenvalue weighted by Gasteiger charge is 2.34. The second-order valence-corrected chi connectivity index (χ2v) is 14.4. The summed E-state index contributed by atoms with van der Waals surface area (Å²) in [5, 5.41) is 8.29. The average Bonchev–Trinajstić information content (AvgIpc) is 3.68. The molecule has 1 aromatic heterocycles.